The van der Waals surface area contributed by atoms with Crippen LogP contribution in [0.4, 0.5) is 0 Å². The van der Waals surface area contributed by atoms with Crippen LogP contribution in [0.2, 0.25) is 0 Å². The Kier molecular flexibility index (Phi) is 4.49. The summed E-state index contributed by atoms with van der Waals surface area (Å²) in [6.07, 6.45) is 4.64. The molecule has 7 heteroatoms. The molecule has 27 heavy (non-hydrogen) atoms. The second-order valence-corrected chi connectivity index (χ2v) is 6.00. The Bertz CT molecular complexity index is 1150. The molecule has 0 unspecified atom stereocenters. The highest BCUT2D eigenvalue weighted by atomic mass is 16.3. The summed E-state index contributed by atoms with van der Waals surface area (Å²) in [5, 5.41) is 3.30. The molecular formula is C20H16N4O3. The number of aromatic nitrogens is 3. The van der Waals surface area contributed by atoms with E-state index in [1.165, 1.54) is 10.9 Å². The number of benzene rings is 1. The lowest BCUT2D eigenvalue weighted by atomic mass is 10.2. The van der Waals surface area contributed by atoms with Crippen LogP contribution in [-0.2, 0) is 17.9 Å². The van der Waals surface area contributed by atoms with Gasteiger partial charge in [-0.2, -0.15) is 0 Å². The molecule has 0 aliphatic carbocycles. The molecule has 7 nitrogen and oxygen atoms in total. The van der Waals surface area contributed by atoms with E-state index in [2.05, 4.69) is 15.3 Å². The summed E-state index contributed by atoms with van der Waals surface area (Å²) in [6.45, 7) is 0.234. The van der Waals surface area contributed by atoms with Gasteiger partial charge in [-0.3, -0.25) is 19.1 Å². The first-order valence-electron chi connectivity index (χ1n) is 8.40. The van der Waals surface area contributed by atoms with Gasteiger partial charge < -0.3 is 9.73 Å². The van der Waals surface area contributed by atoms with Gasteiger partial charge >= 0.3 is 0 Å². The molecule has 0 atom stereocenters. The van der Waals surface area contributed by atoms with Crippen molar-refractivity contribution in [3.63, 3.8) is 0 Å². The topological polar surface area (TPSA) is 90.0 Å². The summed E-state index contributed by atoms with van der Waals surface area (Å²) in [7, 11) is 0. The largest absolute Gasteiger partial charge is 0.463 e. The van der Waals surface area contributed by atoms with Crippen LogP contribution in [0, 0.1) is 0 Å². The van der Waals surface area contributed by atoms with Crippen molar-refractivity contribution in [2.75, 3.05) is 0 Å². The Labute approximate surface area is 154 Å². The Morgan fingerprint density at radius 1 is 1.11 bits per heavy atom. The first-order chi connectivity index (χ1) is 13.2. The third-order valence-corrected chi connectivity index (χ3v) is 4.13. The Morgan fingerprint density at radius 2 is 2.00 bits per heavy atom. The summed E-state index contributed by atoms with van der Waals surface area (Å²) in [5.74, 6) is 0.391. The van der Waals surface area contributed by atoms with Crippen molar-refractivity contribution in [2.24, 2.45) is 0 Å². The van der Waals surface area contributed by atoms with Crippen molar-refractivity contribution in [3.05, 3.63) is 83.2 Å². The minimum atomic E-state index is -0.273. The second-order valence-electron chi connectivity index (χ2n) is 6.00. The maximum absolute atomic E-state index is 12.4. The van der Waals surface area contributed by atoms with Gasteiger partial charge in [-0.1, -0.05) is 12.1 Å². The fourth-order valence-corrected chi connectivity index (χ4v) is 2.77. The lowest BCUT2D eigenvalue weighted by molar-refractivity contribution is -0.121. The zero-order valence-electron chi connectivity index (χ0n) is 14.3. The van der Waals surface area contributed by atoms with E-state index in [4.69, 9.17) is 4.42 Å². The normalized spacial score (nSPS) is 10.8. The van der Waals surface area contributed by atoms with Crippen LogP contribution in [-0.4, -0.2) is 20.4 Å². The molecule has 134 valence electrons. The molecule has 4 rings (SSSR count). The third-order valence-electron chi connectivity index (χ3n) is 4.13. The average Bonchev–Trinajstić information content (AvgIpc) is 3.24. The summed E-state index contributed by atoms with van der Waals surface area (Å²) >= 11 is 0. The Hall–Kier alpha value is -3.74. The smallest absolute Gasteiger partial charge is 0.261 e. The van der Waals surface area contributed by atoms with E-state index in [9.17, 15) is 9.59 Å². The fraction of sp³-hybridized carbons (Fsp3) is 0.100. The molecule has 1 N–H and O–H groups in total. The molecule has 0 saturated heterocycles. The minimum absolute atomic E-state index is 0.0905. The van der Waals surface area contributed by atoms with Crippen LogP contribution in [0.5, 0.6) is 0 Å². The summed E-state index contributed by atoms with van der Waals surface area (Å²) < 4.78 is 6.64. The van der Waals surface area contributed by atoms with E-state index in [1.54, 1.807) is 36.7 Å². The van der Waals surface area contributed by atoms with Gasteiger partial charge in [0.05, 0.1) is 23.5 Å². The van der Waals surface area contributed by atoms with Gasteiger partial charge in [0.25, 0.3) is 5.56 Å². The fourth-order valence-electron chi connectivity index (χ4n) is 2.77. The number of carbonyl (C=O) groups is 1. The minimum Gasteiger partial charge on any atom is -0.463 e. The van der Waals surface area contributed by atoms with Gasteiger partial charge in [-0.15, -0.1) is 0 Å². The highest BCUT2D eigenvalue weighted by molar-refractivity contribution is 5.78. The Balaban J connectivity index is 1.44. The average molecular weight is 360 g/mol. The van der Waals surface area contributed by atoms with Crippen molar-refractivity contribution in [1.29, 1.82) is 0 Å². The molecule has 3 heterocycles. The van der Waals surface area contributed by atoms with E-state index in [0.29, 0.717) is 28.9 Å². The van der Waals surface area contributed by atoms with E-state index in [0.717, 1.165) is 5.56 Å². The zero-order valence-corrected chi connectivity index (χ0v) is 14.3. The summed E-state index contributed by atoms with van der Waals surface area (Å²) in [4.78, 5) is 33.2. The maximum atomic E-state index is 12.4. The number of hydrogen-bond acceptors (Lipinski definition) is 5. The first kappa shape index (κ1) is 16.7. The number of pyridine rings is 1. The van der Waals surface area contributed by atoms with Crippen LogP contribution >= 0.6 is 0 Å². The number of hydrogen-bond donors (Lipinski definition) is 1. The van der Waals surface area contributed by atoms with Gasteiger partial charge in [0, 0.05) is 12.7 Å². The van der Waals surface area contributed by atoms with E-state index in [-0.39, 0.29) is 18.0 Å². The summed E-state index contributed by atoms with van der Waals surface area (Å²) in [5.41, 5.74) is 1.96. The molecule has 0 aliphatic rings. The number of furan rings is 1. The quantitative estimate of drug-likeness (QED) is 0.590. The van der Waals surface area contributed by atoms with E-state index < -0.39 is 0 Å². The number of rotatable bonds is 5. The van der Waals surface area contributed by atoms with Crippen molar-refractivity contribution < 1.29 is 9.21 Å². The van der Waals surface area contributed by atoms with Crippen LogP contribution in [0.25, 0.3) is 22.4 Å². The molecule has 0 aliphatic heterocycles. The first-order valence-corrected chi connectivity index (χ1v) is 8.40. The molecule has 0 radical (unpaired) electrons. The van der Waals surface area contributed by atoms with Crippen LogP contribution in [0.15, 0.2) is 76.5 Å². The van der Waals surface area contributed by atoms with Crippen LogP contribution in [0.1, 0.15) is 5.56 Å². The molecule has 1 aromatic carbocycles. The van der Waals surface area contributed by atoms with E-state index in [1.807, 2.05) is 24.3 Å². The lowest BCUT2D eigenvalue weighted by Crippen LogP contribution is -2.32. The SMILES string of the molecule is O=C(Cn1cnc2ccccc2c1=O)NCc1ccnc(-c2ccco2)c1. The molecule has 1 amide bonds. The maximum Gasteiger partial charge on any atom is 0.261 e. The lowest BCUT2D eigenvalue weighted by Gasteiger charge is -2.08. The van der Waals surface area contributed by atoms with Gasteiger partial charge in [0.1, 0.15) is 12.2 Å². The van der Waals surface area contributed by atoms with Gasteiger partial charge in [0.2, 0.25) is 5.91 Å². The predicted octanol–water partition coefficient (Wildman–Crippen LogP) is 2.37. The molecule has 0 saturated carbocycles. The number of amides is 1. The molecule has 0 bridgehead atoms. The number of nitrogens with one attached hydrogen (secondary N) is 1. The molecule has 4 aromatic rings. The van der Waals surface area contributed by atoms with Crippen molar-refractivity contribution in [1.82, 2.24) is 19.9 Å². The van der Waals surface area contributed by atoms with Crippen molar-refractivity contribution in [2.45, 2.75) is 13.1 Å². The third kappa shape index (κ3) is 3.62. The number of fused-ring (bicyclic) bond motifs is 1. The molecule has 3 aromatic heterocycles. The molecular weight excluding hydrogens is 344 g/mol. The monoisotopic (exact) mass is 360 g/mol. The zero-order chi connectivity index (χ0) is 18.6. The van der Waals surface area contributed by atoms with Crippen molar-refractivity contribution in [3.8, 4) is 11.5 Å². The molecule has 0 spiro atoms. The Morgan fingerprint density at radius 3 is 2.85 bits per heavy atom. The van der Waals surface area contributed by atoms with Gasteiger partial charge in [-0.05, 0) is 42.0 Å². The highest BCUT2D eigenvalue weighted by Gasteiger charge is 2.09. The van der Waals surface area contributed by atoms with Crippen LogP contribution < -0.4 is 10.9 Å². The molecule has 0 fully saturated rings. The predicted molar refractivity (Wildman–Crippen MR) is 99.8 cm³/mol. The number of para-hydroxylation sites is 1. The highest BCUT2D eigenvalue weighted by Crippen LogP contribution is 2.17. The van der Waals surface area contributed by atoms with Crippen LogP contribution in [0.3, 0.4) is 0 Å². The van der Waals surface area contributed by atoms with Crippen molar-refractivity contribution >= 4 is 16.8 Å². The number of carbonyl (C=O) groups excluding carboxylic acids is 1. The number of nitrogens with zero attached hydrogens (tertiary/aromatic N) is 3. The van der Waals surface area contributed by atoms with Gasteiger partial charge in [-0.25, -0.2) is 4.98 Å². The van der Waals surface area contributed by atoms with Gasteiger partial charge in [0.15, 0.2) is 5.76 Å². The second kappa shape index (κ2) is 7.25. The summed E-state index contributed by atoms with van der Waals surface area (Å²) in [6, 6.07) is 14.3. The van der Waals surface area contributed by atoms with E-state index >= 15 is 0 Å². The standard InChI is InChI=1S/C20H16N4O3/c25-19(12-24-13-23-16-5-2-1-4-15(16)20(24)26)22-11-14-7-8-21-17(10-14)18-6-3-9-27-18/h1-10,13H,11-12H2,(H,22,25).